The Kier molecular flexibility index (Phi) is 5.84. The molecule has 1 aromatic carbocycles. The van der Waals surface area contributed by atoms with Crippen LogP contribution in [0.25, 0.3) is 11.7 Å². The van der Waals surface area contributed by atoms with Crippen molar-refractivity contribution in [1.82, 2.24) is 14.3 Å². The molecule has 0 saturated carbocycles. The van der Waals surface area contributed by atoms with Crippen molar-refractivity contribution in [3.8, 4) is 11.5 Å². The molecular formula is C24H20N4O4S2. The number of rotatable bonds is 6. The second-order valence-corrected chi connectivity index (χ2v) is 9.41. The van der Waals surface area contributed by atoms with Crippen LogP contribution in [0.3, 0.4) is 0 Å². The van der Waals surface area contributed by atoms with Crippen LogP contribution in [0.1, 0.15) is 16.7 Å². The monoisotopic (exact) mass is 492 g/mol. The van der Waals surface area contributed by atoms with E-state index in [0.717, 1.165) is 22.9 Å². The van der Waals surface area contributed by atoms with Crippen LogP contribution < -0.4 is 20.3 Å². The first kappa shape index (κ1) is 22.2. The molecule has 2 aliphatic rings. The van der Waals surface area contributed by atoms with Gasteiger partial charge in [0.2, 0.25) is 6.79 Å². The summed E-state index contributed by atoms with van der Waals surface area (Å²) < 4.78 is 12.7. The van der Waals surface area contributed by atoms with Gasteiger partial charge in [-0.25, -0.2) is 4.98 Å². The number of thiocarbonyl (C=S) groups is 1. The van der Waals surface area contributed by atoms with Crippen LogP contribution in [0, 0.1) is 6.92 Å². The van der Waals surface area contributed by atoms with Crippen molar-refractivity contribution in [3.05, 3.63) is 81.1 Å². The lowest BCUT2D eigenvalue weighted by Gasteiger charge is -2.12. The number of aromatic nitrogens is 2. The van der Waals surface area contributed by atoms with E-state index in [1.165, 1.54) is 9.30 Å². The van der Waals surface area contributed by atoms with Crippen molar-refractivity contribution >= 4 is 51.7 Å². The first-order valence-corrected chi connectivity index (χ1v) is 11.7. The molecule has 2 aromatic heterocycles. The first-order valence-electron chi connectivity index (χ1n) is 10.5. The maximum Gasteiger partial charge on any atom is 0.267 e. The zero-order valence-electron chi connectivity index (χ0n) is 18.2. The van der Waals surface area contributed by atoms with E-state index in [-0.39, 0.29) is 23.8 Å². The van der Waals surface area contributed by atoms with E-state index >= 15 is 0 Å². The zero-order valence-corrected chi connectivity index (χ0v) is 19.9. The molecule has 3 aromatic rings. The summed E-state index contributed by atoms with van der Waals surface area (Å²) in [7, 11) is 0. The highest BCUT2D eigenvalue weighted by molar-refractivity contribution is 8.26. The van der Waals surface area contributed by atoms with Crippen LogP contribution in [0.2, 0.25) is 0 Å². The fourth-order valence-corrected chi connectivity index (χ4v) is 4.93. The summed E-state index contributed by atoms with van der Waals surface area (Å²) in [5.74, 6) is 1.49. The lowest BCUT2D eigenvalue weighted by molar-refractivity contribution is -0.121. The molecule has 0 radical (unpaired) electrons. The highest BCUT2D eigenvalue weighted by atomic mass is 32.2. The highest BCUT2D eigenvalue weighted by Gasteiger charge is 2.31. The molecule has 1 N–H and O–H groups in total. The van der Waals surface area contributed by atoms with Crippen molar-refractivity contribution in [3.63, 3.8) is 0 Å². The van der Waals surface area contributed by atoms with E-state index in [1.54, 1.807) is 24.4 Å². The van der Waals surface area contributed by atoms with Crippen LogP contribution in [0.5, 0.6) is 11.5 Å². The molecule has 34 heavy (non-hydrogen) atoms. The number of fused-ring (bicyclic) bond motifs is 2. The van der Waals surface area contributed by atoms with Gasteiger partial charge in [0.15, 0.2) is 11.5 Å². The van der Waals surface area contributed by atoms with Gasteiger partial charge < -0.3 is 14.8 Å². The number of thioether (sulfide) groups is 1. The van der Waals surface area contributed by atoms with Gasteiger partial charge in [0.1, 0.15) is 15.8 Å². The van der Waals surface area contributed by atoms with Crippen molar-refractivity contribution in [2.75, 3.05) is 18.7 Å². The Bertz CT molecular complexity index is 1450. The van der Waals surface area contributed by atoms with E-state index in [9.17, 15) is 9.59 Å². The van der Waals surface area contributed by atoms with Gasteiger partial charge in [0, 0.05) is 19.3 Å². The Hall–Kier alpha value is -3.63. The molecule has 0 aliphatic carbocycles. The van der Waals surface area contributed by atoms with Gasteiger partial charge in [0.05, 0.1) is 10.5 Å². The van der Waals surface area contributed by atoms with Gasteiger partial charge in [-0.15, -0.1) is 6.58 Å². The number of aryl methyl sites for hydroxylation is 1. The minimum Gasteiger partial charge on any atom is -0.454 e. The average Bonchev–Trinajstić information content (AvgIpc) is 3.40. The Balaban J connectivity index is 1.55. The number of carbonyl (C=O) groups excluding carboxylic acids is 1. The lowest BCUT2D eigenvalue weighted by Crippen LogP contribution is -2.28. The Labute approximate surface area is 204 Å². The maximum absolute atomic E-state index is 13.5. The first-order chi connectivity index (χ1) is 16.4. The van der Waals surface area contributed by atoms with Crippen molar-refractivity contribution in [2.45, 2.75) is 13.5 Å². The van der Waals surface area contributed by atoms with Crippen molar-refractivity contribution < 1.29 is 14.3 Å². The Morgan fingerprint density at radius 3 is 2.88 bits per heavy atom. The van der Waals surface area contributed by atoms with Gasteiger partial charge in [-0.3, -0.25) is 18.9 Å². The molecule has 2 aliphatic heterocycles. The molecule has 8 nitrogen and oxygen atoms in total. The Morgan fingerprint density at radius 1 is 1.24 bits per heavy atom. The summed E-state index contributed by atoms with van der Waals surface area (Å²) >= 11 is 6.49. The number of nitrogens with one attached hydrogen (secondary N) is 1. The molecule has 4 heterocycles. The van der Waals surface area contributed by atoms with Crippen molar-refractivity contribution in [2.24, 2.45) is 0 Å². The summed E-state index contributed by atoms with van der Waals surface area (Å²) in [6.45, 7) is 6.48. The molecule has 172 valence electrons. The Morgan fingerprint density at radius 2 is 2.06 bits per heavy atom. The molecule has 0 unspecified atom stereocenters. The van der Waals surface area contributed by atoms with E-state index in [1.807, 2.05) is 31.2 Å². The van der Waals surface area contributed by atoms with Gasteiger partial charge in [-0.2, -0.15) is 0 Å². The molecule has 0 spiro atoms. The third kappa shape index (κ3) is 4.06. The largest absolute Gasteiger partial charge is 0.454 e. The zero-order chi connectivity index (χ0) is 23.8. The predicted octanol–water partition coefficient (Wildman–Crippen LogP) is 3.73. The van der Waals surface area contributed by atoms with Gasteiger partial charge in [0.25, 0.3) is 11.5 Å². The van der Waals surface area contributed by atoms with Crippen LogP contribution in [-0.4, -0.2) is 37.8 Å². The average molecular weight is 493 g/mol. The fourth-order valence-electron chi connectivity index (χ4n) is 3.68. The van der Waals surface area contributed by atoms with E-state index in [0.29, 0.717) is 45.3 Å². The summed E-state index contributed by atoms with van der Waals surface area (Å²) in [4.78, 5) is 32.8. The lowest BCUT2D eigenvalue weighted by atomic mass is 10.2. The second kappa shape index (κ2) is 8.96. The summed E-state index contributed by atoms with van der Waals surface area (Å²) in [5, 5.41) is 3.26. The maximum atomic E-state index is 13.5. The summed E-state index contributed by atoms with van der Waals surface area (Å²) in [5.41, 5.74) is 2.35. The number of benzene rings is 1. The standard InChI is InChI=1S/C24H20N4O4S2/c1-3-8-27-23(30)19(34-24(27)33)10-16-21(26-20-7-4-14(2)12-28(20)22(16)29)25-11-15-5-6-17-18(9-15)32-13-31-17/h3-7,9-10,12,25H,1,8,11,13H2,2H3. The second-order valence-electron chi connectivity index (χ2n) is 7.74. The fraction of sp³-hybridized carbons (Fsp3) is 0.167. The number of amides is 1. The minimum absolute atomic E-state index is 0.197. The van der Waals surface area contributed by atoms with Crippen LogP contribution in [0.15, 0.2) is 58.9 Å². The van der Waals surface area contributed by atoms with Gasteiger partial charge in [-0.05, 0) is 42.3 Å². The SMILES string of the molecule is C=CCN1C(=O)C(=Cc2c(NCc3ccc4c(c3)OCO4)nc3ccc(C)cn3c2=O)SC1=S. The molecule has 1 fully saturated rings. The topological polar surface area (TPSA) is 85.2 Å². The number of hydrogen-bond acceptors (Lipinski definition) is 8. The third-order valence-electron chi connectivity index (χ3n) is 5.36. The molecule has 1 saturated heterocycles. The molecule has 10 heteroatoms. The van der Waals surface area contributed by atoms with Crippen LogP contribution in [0.4, 0.5) is 5.82 Å². The number of pyridine rings is 1. The van der Waals surface area contributed by atoms with Crippen LogP contribution >= 0.6 is 24.0 Å². The molecule has 1 amide bonds. The molecule has 0 atom stereocenters. The quantitative estimate of drug-likeness (QED) is 0.317. The van der Waals surface area contributed by atoms with Crippen LogP contribution in [-0.2, 0) is 11.3 Å². The van der Waals surface area contributed by atoms with Crippen molar-refractivity contribution in [1.29, 1.82) is 0 Å². The van der Waals surface area contributed by atoms with E-state index in [4.69, 9.17) is 21.7 Å². The summed E-state index contributed by atoms with van der Waals surface area (Å²) in [6.07, 6.45) is 4.91. The smallest absolute Gasteiger partial charge is 0.267 e. The number of hydrogen-bond donors (Lipinski definition) is 1. The van der Waals surface area contributed by atoms with E-state index < -0.39 is 0 Å². The summed E-state index contributed by atoms with van der Waals surface area (Å²) in [6, 6.07) is 9.32. The van der Waals surface area contributed by atoms with E-state index in [2.05, 4.69) is 16.9 Å². The molecular weight excluding hydrogens is 472 g/mol. The highest BCUT2D eigenvalue weighted by Crippen LogP contribution is 2.34. The number of carbonyl (C=O) groups is 1. The number of anilines is 1. The normalized spacial score (nSPS) is 16.0. The third-order valence-corrected chi connectivity index (χ3v) is 6.74. The van der Waals surface area contributed by atoms with Gasteiger partial charge in [-0.1, -0.05) is 42.2 Å². The number of nitrogens with zero attached hydrogens (tertiary/aromatic N) is 3. The number of ether oxygens (including phenoxy) is 2. The van der Waals surface area contributed by atoms with Gasteiger partial charge >= 0.3 is 0 Å². The predicted molar refractivity (Wildman–Crippen MR) is 136 cm³/mol. The molecule has 5 rings (SSSR count). The minimum atomic E-state index is -0.282. The molecule has 0 bridgehead atoms.